The first-order valence-corrected chi connectivity index (χ1v) is 7.64. The summed E-state index contributed by atoms with van der Waals surface area (Å²) in [7, 11) is 0. The molecular weight excluding hydrogens is 244 g/mol. The van der Waals surface area contributed by atoms with Crippen LogP contribution in [0.4, 0.5) is 5.82 Å². The molecule has 0 amide bonds. The zero-order chi connectivity index (χ0) is 12.5. The SMILES string of the molecule is CCCCN(c1nc2sccn2c1CN)C1CC1. The summed E-state index contributed by atoms with van der Waals surface area (Å²) in [5.74, 6) is 1.13. The molecule has 0 aliphatic heterocycles. The highest BCUT2D eigenvalue weighted by Crippen LogP contribution is 2.34. The van der Waals surface area contributed by atoms with Crippen LogP contribution in [0.2, 0.25) is 0 Å². The van der Waals surface area contributed by atoms with Gasteiger partial charge in [0, 0.05) is 30.7 Å². The van der Waals surface area contributed by atoms with Crippen LogP contribution in [0.3, 0.4) is 0 Å². The second kappa shape index (κ2) is 4.90. The van der Waals surface area contributed by atoms with Crippen molar-refractivity contribution in [3.8, 4) is 0 Å². The molecule has 0 radical (unpaired) electrons. The second-order valence-electron chi connectivity index (χ2n) is 4.92. The van der Waals surface area contributed by atoms with E-state index >= 15 is 0 Å². The fourth-order valence-electron chi connectivity index (χ4n) is 2.42. The zero-order valence-corrected chi connectivity index (χ0v) is 11.6. The van der Waals surface area contributed by atoms with E-state index in [1.165, 1.54) is 25.7 Å². The molecule has 2 aromatic rings. The maximum Gasteiger partial charge on any atom is 0.195 e. The molecule has 0 saturated heterocycles. The molecule has 0 spiro atoms. The van der Waals surface area contributed by atoms with Crippen molar-refractivity contribution in [3.63, 3.8) is 0 Å². The van der Waals surface area contributed by atoms with Gasteiger partial charge in [-0.3, -0.25) is 4.40 Å². The molecule has 0 aromatic carbocycles. The number of rotatable bonds is 6. The van der Waals surface area contributed by atoms with E-state index in [-0.39, 0.29) is 0 Å². The molecule has 1 fully saturated rings. The molecule has 18 heavy (non-hydrogen) atoms. The lowest BCUT2D eigenvalue weighted by Crippen LogP contribution is -2.28. The molecule has 3 rings (SSSR count). The van der Waals surface area contributed by atoms with Crippen LogP contribution in [0.5, 0.6) is 0 Å². The lowest BCUT2D eigenvalue weighted by atomic mass is 10.3. The average molecular weight is 264 g/mol. The van der Waals surface area contributed by atoms with Crippen LogP contribution < -0.4 is 10.6 Å². The minimum absolute atomic E-state index is 0.558. The van der Waals surface area contributed by atoms with Crippen molar-refractivity contribution in [3.05, 3.63) is 17.3 Å². The molecule has 2 heterocycles. The normalized spacial score (nSPS) is 15.4. The summed E-state index contributed by atoms with van der Waals surface area (Å²) in [4.78, 5) is 8.33. The highest BCUT2D eigenvalue weighted by Gasteiger charge is 2.32. The van der Waals surface area contributed by atoms with E-state index in [4.69, 9.17) is 10.7 Å². The molecule has 0 unspecified atom stereocenters. The highest BCUT2D eigenvalue weighted by atomic mass is 32.1. The summed E-state index contributed by atoms with van der Waals surface area (Å²) < 4.78 is 2.14. The summed E-state index contributed by atoms with van der Waals surface area (Å²) >= 11 is 1.68. The van der Waals surface area contributed by atoms with Gasteiger partial charge in [0.1, 0.15) is 0 Å². The first-order chi connectivity index (χ1) is 8.85. The van der Waals surface area contributed by atoms with Crippen molar-refractivity contribution >= 4 is 22.1 Å². The predicted octanol–water partition coefficient (Wildman–Crippen LogP) is 2.62. The van der Waals surface area contributed by atoms with Crippen LogP contribution in [0, 0.1) is 0 Å². The maximum absolute atomic E-state index is 5.92. The molecule has 0 bridgehead atoms. The van der Waals surface area contributed by atoms with Crippen molar-refractivity contribution in [1.29, 1.82) is 0 Å². The van der Waals surface area contributed by atoms with E-state index in [0.717, 1.165) is 23.0 Å². The van der Waals surface area contributed by atoms with Crippen molar-refractivity contribution in [2.45, 2.75) is 45.2 Å². The Morgan fingerprint density at radius 2 is 2.39 bits per heavy atom. The number of hydrogen-bond acceptors (Lipinski definition) is 4. The second-order valence-corrected chi connectivity index (χ2v) is 5.79. The van der Waals surface area contributed by atoms with Gasteiger partial charge in [0.25, 0.3) is 0 Å². The summed E-state index contributed by atoms with van der Waals surface area (Å²) in [6.45, 7) is 3.91. The van der Waals surface area contributed by atoms with Gasteiger partial charge in [0.05, 0.1) is 5.69 Å². The Hall–Kier alpha value is -1.07. The number of unbranched alkanes of at least 4 members (excludes halogenated alkanes) is 1. The van der Waals surface area contributed by atoms with Gasteiger partial charge in [-0.25, -0.2) is 4.98 Å². The molecular formula is C13H20N4S. The third kappa shape index (κ3) is 2.01. The van der Waals surface area contributed by atoms with Crippen molar-refractivity contribution in [1.82, 2.24) is 9.38 Å². The molecule has 1 saturated carbocycles. The average Bonchev–Trinajstić information content (AvgIpc) is 3.00. The van der Waals surface area contributed by atoms with E-state index in [9.17, 15) is 0 Å². The smallest absolute Gasteiger partial charge is 0.195 e. The number of nitrogens with zero attached hydrogens (tertiary/aromatic N) is 3. The van der Waals surface area contributed by atoms with Crippen LogP contribution in [0.25, 0.3) is 4.96 Å². The fraction of sp³-hybridized carbons (Fsp3) is 0.615. The van der Waals surface area contributed by atoms with Crippen molar-refractivity contribution in [2.75, 3.05) is 11.4 Å². The van der Waals surface area contributed by atoms with Gasteiger partial charge in [-0.05, 0) is 19.3 Å². The molecule has 4 nitrogen and oxygen atoms in total. The molecule has 2 aromatic heterocycles. The monoisotopic (exact) mass is 264 g/mol. The van der Waals surface area contributed by atoms with Crippen LogP contribution in [-0.2, 0) is 6.54 Å². The number of thiazole rings is 1. The molecule has 5 heteroatoms. The number of hydrogen-bond donors (Lipinski definition) is 1. The molecule has 1 aliphatic rings. The minimum atomic E-state index is 0.558. The van der Waals surface area contributed by atoms with E-state index in [1.54, 1.807) is 11.3 Å². The standard InChI is InChI=1S/C13H20N4S/c1-2-3-6-16(10-4-5-10)12-11(9-14)17-7-8-18-13(17)15-12/h7-8,10H,2-6,9,14H2,1H3. The van der Waals surface area contributed by atoms with Crippen LogP contribution >= 0.6 is 11.3 Å². The number of anilines is 1. The predicted molar refractivity (Wildman–Crippen MR) is 76.2 cm³/mol. The third-order valence-electron chi connectivity index (χ3n) is 3.55. The third-order valence-corrected chi connectivity index (χ3v) is 4.30. The van der Waals surface area contributed by atoms with Gasteiger partial charge in [0.15, 0.2) is 10.8 Å². The van der Waals surface area contributed by atoms with Gasteiger partial charge >= 0.3 is 0 Å². The Morgan fingerprint density at radius 3 is 3.06 bits per heavy atom. The fourth-order valence-corrected chi connectivity index (χ4v) is 3.14. The topological polar surface area (TPSA) is 46.6 Å². The van der Waals surface area contributed by atoms with Crippen LogP contribution in [0.1, 0.15) is 38.3 Å². The summed E-state index contributed by atoms with van der Waals surface area (Å²) in [5.41, 5.74) is 7.09. The molecule has 1 aliphatic carbocycles. The Bertz CT molecular complexity index is 526. The first-order valence-electron chi connectivity index (χ1n) is 6.76. The number of fused-ring (bicyclic) bond motifs is 1. The van der Waals surface area contributed by atoms with E-state index < -0.39 is 0 Å². The Morgan fingerprint density at radius 1 is 1.56 bits per heavy atom. The van der Waals surface area contributed by atoms with Crippen molar-refractivity contribution in [2.24, 2.45) is 5.73 Å². The summed E-state index contributed by atoms with van der Waals surface area (Å²) in [5, 5.41) is 2.07. The van der Waals surface area contributed by atoms with E-state index in [0.29, 0.717) is 12.6 Å². The molecule has 2 N–H and O–H groups in total. The lowest BCUT2D eigenvalue weighted by Gasteiger charge is -2.23. The minimum Gasteiger partial charge on any atom is -0.352 e. The van der Waals surface area contributed by atoms with E-state index in [2.05, 4.69) is 27.8 Å². The van der Waals surface area contributed by atoms with Gasteiger partial charge < -0.3 is 10.6 Å². The van der Waals surface area contributed by atoms with E-state index in [1.807, 2.05) is 0 Å². The lowest BCUT2D eigenvalue weighted by molar-refractivity contribution is 0.701. The van der Waals surface area contributed by atoms with Gasteiger partial charge in [-0.15, -0.1) is 11.3 Å². The highest BCUT2D eigenvalue weighted by molar-refractivity contribution is 7.15. The van der Waals surface area contributed by atoms with Crippen LogP contribution in [-0.4, -0.2) is 22.0 Å². The quantitative estimate of drug-likeness (QED) is 0.872. The van der Waals surface area contributed by atoms with Crippen molar-refractivity contribution < 1.29 is 0 Å². The van der Waals surface area contributed by atoms with Gasteiger partial charge in [-0.2, -0.15) is 0 Å². The Labute approximate surface area is 111 Å². The molecule has 0 atom stereocenters. The van der Waals surface area contributed by atoms with Gasteiger partial charge in [0.2, 0.25) is 0 Å². The maximum atomic E-state index is 5.92. The first kappa shape index (κ1) is 12.0. The van der Waals surface area contributed by atoms with Gasteiger partial charge in [-0.1, -0.05) is 13.3 Å². The summed E-state index contributed by atoms with van der Waals surface area (Å²) in [6, 6.07) is 0.700. The Kier molecular flexibility index (Phi) is 3.26. The number of aromatic nitrogens is 2. The Balaban J connectivity index is 1.96. The number of nitrogens with two attached hydrogens (primary N) is 1. The summed E-state index contributed by atoms with van der Waals surface area (Å²) in [6.07, 6.45) is 7.14. The van der Waals surface area contributed by atoms with Crippen LogP contribution in [0.15, 0.2) is 11.6 Å². The number of imidazole rings is 1. The largest absolute Gasteiger partial charge is 0.352 e. The molecule has 98 valence electrons. The zero-order valence-electron chi connectivity index (χ0n) is 10.8.